The van der Waals surface area contributed by atoms with Gasteiger partial charge in [0.25, 0.3) is 0 Å². The van der Waals surface area contributed by atoms with Crippen molar-refractivity contribution in [3.05, 3.63) is 26.2 Å². The molecule has 0 aliphatic carbocycles. The molecule has 0 aliphatic heterocycles. The lowest BCUT2D eigenvalue weighted by molar-refractivity contribution is -0.138. The van der Waals surface area contributed by atoms with Crippen LogP contribution in [0.25, 0.3) is 11.4 Å². The second-order valence-electron chi connectivity index (χ2n) is 4.61. The summed E-state index contributed by atoms with van der Waals surface area (Å²) in [5.41, 5.74) is 0.890. The molecule has 21 heavy (non-hydrogen) atoms. The molecule has 0 bridgehead atoms. The van der Waals surface area contributed by atoms with E-state index in [1.807, 2.05) is 25.1 Å². The molecule has 2 rings (SSSR count). The third kappa shape index (κ3) is 4.00. The summed E-state index contributed by atoms with van der Waals surface area (Å²) in [5.74, 6) is -0.251. The number of benzene rings is 1. The van der Waals surface area contributed by atoms with E-state index >= 15 is 0 Å². The number of carboxylic acids is 1. The molecular weight excluding hydrogens is 451 g/mol. The summed E-state index contributed by atoms with van der Waals surface area (Å²) in [6, 6.07) is 5.60. The van der Waals surface area contributed by atoms with Crippen molar-refractivity contribution in [1.82, 2.24) is 20.2 Å². The van der Waals surface area contributed by atoms with E-state index < -0.39 is 5.97 Å². The summed E-state index contributed by atoms with van der Waals surface area (Å²) in [5, 5.41) is 20.9. The Hall–Kier alpha value is -1.03. The predicted molar refractivity (Wildman–Crippen MR) is 89.9 cm³/mol. The summed E-state index contributed by atoms with van der Waals surface area (Å²) < 4.78 is 3.57. The first-order chi connectivity index (χ1) is 10.0. The Kier molecular flexibility index (Phi) is 5.68. The number of nitrogens with zero attached hydrogens (tertiary/aromatic N) is 4. The lowest BCUT2D eigenvalue weighted by Crippen LogP contribution is -2.16. The van der Waals surface area contributed by atoms with E-state index in [0.29, 0.717) is 5.82 Å². The van der Waals surface area contributed by atoms with E-state index in [-0.39, 0.29) is 12.5 Å². The maximum atomic E-state index is 11.1. The zero-order valence-corrected chi connectivity index (χ0v) is 15.1. The van der Waals surface area contributed by atoms with Crippen LogP contribution in [-0.2, 0) is 4.79 Å². The molecule has 1 heterocycles. The highest BCUT2D eigenvalue weighted by Crippen LogP contribution is 2.29. The number of rotatable bonds is 6. The summed E-state index contributed by atoms with van der Waals surface area (Å²) in [4.78, 5) is 11.1. The molecule has 2 aromatic rings. The highest BCUT2D eigenvalue weighted by molar-refractivity contribution is 14.1. The molecule has 112 valence electrons. The van der Waals surface area contributed by atoms with Crippen molar-refractivity contribution in [3.8, 4) is 11.4 Å². The Morgan fingerprint density at radius 1 is 1.52 bits per heavy atom. The molecule has 0 saturated heterocycles. The lowest BCUT2D eigenvalue weighted by Gasteiger charge is -2.16. The molecule has 1 unspecified atom stereocenters. The van der Waals surface area contributed by atoms with Crippen molar-refractivity contribution >= 4 is 44.5 Å². The zero-order chi connectivity index (χ0) is 15.4. The molecule has 0 saturated carbocycles. The summed E-state index contributed by atoms with van der Waals surface area (Å²) in [6.45, 7) is 2.02. The molecule has 0 aliphatic rings. The molecule has 8 heteroatoms. The van der Waals surface area contributed by atoms with Crippen LogP contribution in [0, 0.1) is 3.57 Å². The molecule has 1 atom stereocenters. The van der Waals surface area contributed by atoms with Crippen LogP contribution in [0.15, 0.2) is 22.7 Å². The molecule has 1 aromatic carbocycles. The number of halogens is 2. The molecule has 6 nitrogen and oxygen atoms in total. The average Bonchev–Trinajstić information content (AvgIpc) is 2.89. The van der Waals surface area contributed by atoms with E-state index in [1.54, 1.807) is 4.68 Å². The maximum absolute atomic E-state index is 11.1. The number of hydrogen-bond donors (Lipinski definition) is 1. The van der Waals surface area contributed by atoms with Crippen LogP contribution in [0.4, 0.5) is 0 Å². The van der Waals surface area contributed by atoms with E-state index in [0.717, 1.165) is 26.4 Å². The largest absolute Gasteiger partial charge is 0.481 e. The van der Waals surface area contributed by atoms with Gasteiger partial charge in [0.05, 0.1) is 12.5 Å². The zero-order valence-electron chi connectivity index (χ0n) is 11.3. The minimum atomic E-state index is -0.848. The van der Waals surface area contributed by atoms with Gasteiger partial charge in [-0.1, -0.05) is 29.3 Å². The minimum absolute atomic E-state index is 0.0104. The third-order valence-corrected chi connectivity index (χ3v) is 4.47. The van der Waals surface area contributed by atoms with Crippen molar-refractivity contribution in [2.45, 2.75) is 32.2 Å². The topological polar surface area (TPSA) is 80.9 Å². The van der Waals surface area contributed by atoms with Crippen molar-refractivity contribution < 1.29 is 9.90 Å². The molecule has 0 radical (unpaired) electrons. The predicted octanol–water partition coefficient (Wildman–Crippen LogP) is 3.52. The third-order valence-electron chi connectivity index (χ3n) is 3.04. The quantitative estimate of drug-likeness (QED) is 0.661. The summed E-state index contributed by atoms with van der Waals surface area (Å²) >= 11 is 5.66. The maximum Gasteiger partial charge on any atom is 0.305 e. The lowest BCUT2D eigenvalue weighted by atomic mass is 10.1. The Morgan fingerprint density at radius 2 is 2.29 bits per heavy atom. The van der Waals surface area contributed by atoms with Crippen LogP contribution in [0.5, 0.6) is 0 Å². The molecular formula is C13H14BrIN4O2. The van der Waals surface area contributed by atoms with E-state index in [4.69, 9.17) is 5.11 Å². The monoisotopic (exact) mass is 464 g/mol. The Labute approximate surface area is 144 Å². The number of tetrazole rings is 1. The fraction of sp³-hybridized carbons (Fsp3) is 0.385. The van der Waals surface area contributed by atoms with Crippen molar-refractivity contribution in [1.29, 1.82) is 0 Å². The van der Waals surface area contributed by atoms with Crippen molar-refractivity contribution in [2.24, 2.45) is 0 Å². The number of carbonyl (C=O) groups is 1. The van der Waals surface area contributed by atoms with Crippen molar-refractivity contribution in [2.75, 3.05) is 0 Å². The molecule has 0 spiro atoms. The smallest absolute Gasteiger partial charge is 0.305 e. The number of aromatic nitrogens is 4. The van der Waals surface area contributed by atoms with Gasteiger partial charge in [0, 0.05) is 13.6 Å². The average molecular weight is 465 g/mol. The van der Waals surface area contributed by atoms with Crippen LogP contribution in [0.3, 0.4) is 0 Å². The molecule has 1 N–H and O–H groups in total. The van der Waals surface area contributed by atoms with Crippen molar-refractivity contribution in [3.63, 3.8) is 0 Å². The van der Waals surface area contributed by atoms with Gasteiger partial charge in [-0.3, -0.25) is 4.79 Å². The van der Waals surface area contributed by atoms with Gasteiger partial charge in [-0.15, -0.1) is 5.10 Å². The Bertz CT molecular complexity index is 647. The van der Waals surface area contributed by atoms with E-state index in [2.05, 4.69) is 54.0 Å². The highest BCUT2D eigenvalue weighted by Gasteiger charge is 2.21. The van der Waals surface area contributed by atoms with Gasteiger partial charge in [-0.25, -0.2) is 4.68 Å². The van der Waals surface area contributed by atoms with Crippen LogP contribution < -0.4 is 0 Å². The Morgan fingerprint density at radius 3 is 2.95 bits per heavy atom. The minimum Gasteiger partial charge on any atom is -0.481 e. The Balaban J connectivity index is 2.45. The highest BCUT2D eigenvalue weighted by atomic mass is 127. The van der Waals surface area contributed by atoms with Gasteiger partial charge in [0.2, 0.25) is 0 Å². The molecule has 0 amide bonds. The fourth-order valence-corrected chi connectivity index (χ4v) is 3.07. The van der Waals surface area contributed by atoms with Crippen LogP contribution >= 0.6 is 38.5 Å². The summed E-state index contributed by atoms with van der Waals surface area (Å²) in [7, 11) is 0. The number of aliphatic carboxylic acids is 1. The van der Waals surface area contributed by atoms with Gasteiger partial charge < -0.3 is 5.11 Å². The fourth-order valence-electron chi connectivity index (χ4n) is 2.13. The summed E-state index contributed by atoms with van der Waals surface area (Å²) in [6.07, 6.45) is 1.60. The normalized spacial score (nSPS) is 12.3. The number of hydrogen-bond acceptors (Lipinski definition) is 4. The second-order valence-corrected chi connectivity index (χ2v) is 6.69. The SMILES string of the molecule is CCCC(CC(=O)O)n1nnnc1-c1cc(Br)ccc1I. The van der Waals surface area contributed by atoms with E-state index in [1.165, 1.54) is 0 Å². The van der Waals surface area contributed by atoms with Gasteiger partial charge in [0.1, 0.15) is 0 Å². The number of carboxylic acid groups (broad SMARTS) is 1. The second kappa shape index (κ2) is 7.30. The van der Waals surface area contributed by atoms with E-state index in [9.17, 15) is 4.79 Å². The van der Waals surface area contributed by atoms with Crippen LogP contribution in [0.2, 0.25) is 0 Å². The first-order valence-electron chi connectivity index (χ1n) is 6.48. The standard InChI is InChI=1S/C13H14BrIN4O2/c1-2-3-9(7-12(20)21)19-13(16-17-18-19)10-6-8(14)4-5-11(10)15/h4-6,9H,2-3,7H2,1H3,(H,20,21). The first kappa shape index (κ1) is 16.3. The van der Waals surface area contributed by atoms with Crippen LogP contribution in [0.1, 0.15) is 32.2 Å². The first-order valence-corrected chi connectivity index (χ1v) is 8.35. The van der Waals surface area contributed by atoms with Crippen LogP contribution in [-0.4, -0.2) is 31.3 Å². The van der Waals surface area contributed by atoms with Gasteiger partial charge in [-0.2, -0.15) is 0 Å². The van der Waals surface area contributed by atoms with Gasteiger partial charge in [-0.05, 0) is 57.6 Å². The van der Waals surface area contributed by atoms with Gasteiger partial charge in [0.15, 0.2) is 5.82 Å². The van der Waals surface area contributed by atoms with Gasteiger partial charge >= 0.3 is 5.97 Å². The molecule has 0 fully saturated rings. The molecule has 1 aromatic heterocycles.